The minimum Gasteiger partial charge on any atom is -0.366 e. The van der Waals surface area contributed by atoms with Crippen molar-refractivity contribution in [2.45, 2.75) is 39.7 Å². The lowest BCUT2D eigenvalue weighted by Gasteiger charge is -2.14. The Hall–Kier alpha value is -1.82. The Morgan fingerprint density at radius 3 is 2.52 bits per heavy atom. The lowest BCUT2D eigenvalue weighted by molar-refractivity contribution is 0.146. The van der Waals surface area contributed by atoms with Gasteiger partial charge in [-0.3, -0.25) is 0 Å². The SMILES string of the molecule is CCc1nc(Cl)nc(NCc2cccc(C(F)F)c2F)c1CC. The molecule has 0 amide bonds. The van der Waals surface area contributed by atoms with E-state index in [1.165, 1.54) is 12.1 Å². The smallest absolute Gasteiger partial charge is 0.266 e. The van der Waals surface area contributed by atoms with Crippen LogP contribution in [0.5, 0.6) is 0 Å². The fourth-order valence-electron chi connectivity index (χ4n) is 2.39. The molecule has 1 heterocycles. The number of halogens is 4. The van der Waals surface area contributed by atoms with Crippen molar-refractivity contribution in [1.82, 2.24) is 9.97 Å². The molecule has 23 heavy (non-hydrogen) atoms. The summed E-state index contributed by atoms with van der Waals surface area (Å²) in [5, 5.41) is 3.08. The summed E-state index contributed by atoms with van der Waals surface area (Å²) in [5.74, 6) is -0.393. The molecule has 3 nitrogen and oxygen atoms in total. The van der Waals surface area contributed by atoms with Crippen molar-refractivity contribution >= 4 is 17.4 Å². The van der Waals surface area contributed by atoms with Gasteiger partial charge in [0.05, 0.1) is 11.3 Å². The topological polar surface area (TPSA) is 37.8 Å². The van der Waals surface area contributed by atoms with Gasteiger partial charge in [-0.15, -0.1) is 0 Å². The number of hydrogen-bond acceptors (Lipinski definition) is 3. The van der Waals surface area contributed by atoms with Crippen molar-refractivity contribution < 1.29 is 13.2 Å². The number of benzene rings is 1. The Bertz CT molecular complexity index is 693. The first kappa shape index (κ1) is 17.5. The molecule has 7 heteroatoms. The average Bonchev–Trinajstić information content (AvgIpc) is 2.52. The zero-order valence-corrected chi connectivity index (χ0v) is 13.6. The zero-order valence-electron chi connectivity index (χ0n) is 12.8. The van der Waals surface area contributed by atoms with Gasteiger partial charge in [0.15, 0.2) is 0 Å². The van der Waals surface area contributed by atoms with Gasteiger partial charge in [-0.1, -0.05) is 32.0 Å². The third kappa shape index (κ3) is 3.93. The highest BCUT2D eigenvalue weighted by Crippen LogP contribution is 2.25. The number of hydrogen-bond donors (Lipinski definition) is 1. The largest absolute Gasteiger partial charge is 0.366 e. The molecule has 0 aliphatic carbocycles. The van der Waals surface area contributed by atoms with Crippen LogP contribution in [0.15, 0.2) is 18.2 Å². The van der Waals surface area contributed by atoms with E-state index in [4.69, 9.17) is 11.6 Å². The summed E-state index contributed by atoms with van der Waals surface area (Å²) < 4.78 is 39.5. The molecular formula is C16H17ClF3N3. The minimum atomic E-state index is -2.85. The van der Waals surface area contributed by atoms with Crippen LogP contribution < -0.4 is 5.32 Å². The van der Waals surface area contributed by atoms with Crippen molar-refractivity contribution in [1.29, 1.82) is 0 Å². The van der Waals surface area contributed by atoms with E-state index in [0.717, 1.165) is 17.3 Å². The summed E-state index contributed by atoms with van der Waals surface area (Å²) in [6, 6.07) is 3.95. The number of nitrogens with one attached hydrogen (secondary N) is 1. The van der Waals surface area contributed by atoms with Crippen LogP contribution in [-0.2, 0) is 19.4 Å². The van der Waals surface area contributed by atoms with Crippen LogP contribution in [0.25, 0.3) is 0 Å². The molecule has 2 aromatic rings. The van der Waals surface area contributed by atoms with Crippen LogP contribution in [0.1, 0.15) is 42.7 Å². The summed E-state index contributed by atoms with van der Waals surface area (Å²) in [6.45, 7) is 3.94. The van der Waals surface area contributed by atoms with Gasteiger partial charge in [0, 0.05) is 17.7 Å². The van der Waals surface area contributed by atoms with Crippen LogP contribution >= 0.6 is 11.6 Å². The fourth-order valence-corrected chi connectivity index (χ4v) is 2.58. The zero-order chi connectivity index (χ0) is 17.0. The van der Waals surface area contributed by atoms with Crippen molar-refractivity contribution in [3.05, 3.63) is 51.7 Å². The van der Waals surface area contributed by atoms with Crippen molar-refractivity contribution in [3.8, 4) is 0 Å². The predicted octanol–water partition coefficient (Wildman–Crippen LogP) is 4.94. The number of nitrogens with zero attached hydrogens (tertiary/aromatic N) is 2. The molecule has 0 bridgehead atoms. The maximum Gasteiger partial charge on any atom is 0.266 e. The first-order valence-corrected chi connectivity index (χ1v) is 7.70. The van der Waals surface area contributed by atoms with Crippen LogP contribution in [0.2, 0.25) is 5.28 Å². The molecule has 0 saturated carbocycles. The van der Waals surface area contributed by atoms with Crippen molar-refractivity contribution in [2.75, 3.05) is 5.32 Å². The Morgan fingerprint density at radius 2 is 1.91 bits per heavy atom. The van der Waals surface area contributed by atoms with Gasteiger partial charge in [0.1, 0.15) is 11.6 Å². The molecule has 0 unspecified atom stereocenters. The second kappa shape index (κ2) is 7.64. The Labute approximate surface area is 137 Å². The summed E-state index contributed by atoms with van der Waals surface area (Å²) in [6.07, 6.45) is -1.47. The predicted molar refractivity (Wildman–Crippen MR) is 84.5 cm³/mol. The molecule has 0 aliphatic heterocycles. The number of aryl methyl sites for hydroxylation is 1. The second-order valence-electron chi connectivity index (χ2n) is 4.95. The van der Waals surface area contributed by atoms with E-state index in [2.05, 4.69) is 15.3 Å². The van der Waals surface area contributed by atoms with Crippen molar-refractivity contribution in [2.24, 2.45) is 0 Å². The van der Waals surface area contributed by atoms with Crippen molar-refractivity contribution in [3.63, 3.8) is 0 Å². The maximum absolute atomic E-state index is 14.1. The van der Waals surface area contributed by atoms with E-state index in [9.17, 15) is 13.2 Å². The molecule has 0 fully saturated rings. The van der Waals surface area contributed by atoms with Gasteiger partial charge in [0.25, 0.3) is 6.43 Å². The minimum absolute atomic E-state index is 0.0376. The molecule has 1 aromatic heterocycles. The molecule has 0 saturated heterocycles. The van der Waals surface area contributed by atoms with Crippen LogP contribution in [0.4, 0.5) is 19.0 Å². The maximum atomic E-state index is 14.1. The molecule has 0 aliphatic rings. The number of anilines is 1. The molecule has 124 valence electrons. The summed E-state index contributed by atoms with van der Waals surface area (Å²) in [7, 11) is 0. The first-order valence-electron chi connectivity index (χ1n) is 7.32. The molecule has 1 aromatic carbocycles. The molecule has 0 spiro atoms. The number of rotatable bonds is 6. The average molecular weight is 344 g/mol. The standard InChI is InChI=1S/C16H17ClF3N3/c1-3-10-12(4-2)22-16(17)23-15(10)21-8-9-6-5-7-11(13(9)18)14(19)20/h5-7,14H,3-4,8H2,1-2H3,(H,21,22,23). The van der Waals surface area contributed by atoms with E-state index >= 15 is 0 Å². The fraction of sp³-hybridized carbons (Fsp3) is 0.375. The first-order chi connectivity index (χ1) is 11.0. The second-order valence-corrected chi connectivity index (χ2v) is 5.29. The third-order valence-electron chi connectivity index (χ3n) is 3.54. The molecule has 1 N–H and O–H groups in total. The number of alkyl halides is 2. The van der Waals surface area contributed by atoms with Gasteiger partial charge < -0.3 is 5.32 Å². The van der Waals surface area contributed by atoms with E-state index in [0.29, 0.717) is 18.7 Å². The van der Waals surface area contributed by atoms with Gasteiger partial charge in [-0.25, -0.2) is 23.1 Å². The van der Waals surface area contributed by atoms with E-state index in [-0.39, 0.29) is 17.4 Å². The highest BCUT2D eigenvalue weighted by Gasteiger charge is 2.17. The molecule has 0 radical (unpaired) electrons. The lowest BCUT2D eigenvalue weighted by Crippen LogP contribution is -2.10. The number of aromatic nitrogens is 2. The van der Waals surface area contributed by atoms with Gasteiger partial charge in [0.2, 0.25) is 5.28 Å². The van der Waals surface area contributed by atoms with Gasteiger partial charge in [-0.2, -0.15) is 0 Å². The highest BCUT2D eigenvalue weighted by molar-refractivity contribution is 6.28. The molecule has 2 rings (SSSR count). The normalized spacial score (nSPS) is 11.1. The Kier molecular flexibility index (Phi) is 5.82. The molecule has 0 atom stereocenters. The summed E-state index contributed by atoms with van der Waals surface area (Å²) in [5.41, 5.74) is 1.26. The lowest BCUT2D eigenvalue weighted by atomic mass is 10.1. The van der Waals surface area contributed by atoms with Gasteiger partial charge in [-0.05, 0) is 24.4 Å². The monoisotopic (exact) mass is 343 g/mol. The Morgan fingerprint density at radius 1 is 1.17 bits per heavy atom. The van der Waals surface area contributed by atoms with E-state index < -0.39 is 17.8 Å². The highest BCUT2D eigenvalue weighted by atomic mass is 35.5. The van der Waals surface area contributed by atoms with Crippen LogP contribution in [0.3, 0.4) is 0 Å². The molecular weight excluding hydrogens is 327 g/mol. The van der Waals surface area contributed by atoms with Crippen LogP contribution in [0, 0.1) is 5.82 Å². The third-order valence-corrected chi connectivity index (χ3v) is 3.71. The van der Waals surface area contributed by atoms with Crippen LogP contribution in [-0.4, -0.2) is 9.97 Å². The Balaban J connectivity index is 2.28. The summed E-state index contributed by atoms with van der Waals surface area (Å²) in [4.78, 5) is 8.30. The quantitative estimate of drug-likeness (QED) is 0.755. The van der Waals surface area contributed by atoms with E-state index in [1.807, 2.05) is 13.8 Å². The van der Waals surface area contributed by atoms with Gasteiger partial charge >= 0.3 is 0 Å². The summed E-state index contributed by atoms with van der Waals surface area (Å²) >= 11 is 5.90. The van der Waals surface area contributed by atoms with E-state index in [1.54, 1.807) is 0 Å².